The van der Waals surface area contributed by atoms with Gasteiger partial charge in [0.2, 0.25) is 0 Å². The second-order valence-electron chi connectivity index (χ2n) is 3.77. The molecular weight excluding hydrogens is 216 g/mol. The second kappa shape index (κ2) is 3.63. The number of carboxylic acid groups (broad SMARTS) is 1. The number of carbonyl (C=O) groups is 1. The third kappa shape index (κ3) is 1.47. The predicted molar refractivity (Wildman–Crippen MR) is 62.4 cm³/mol. The molecule has 1 aliphatic heterocycles. The van der Waals surface area contributed by atoms with Gasteiger partial charge in [0.25, 0.3) is 0 Å². The molecule has 1 aliphatic rings. The van der Waals surface area contributed by atoms with Crippen LogP contribution in [0.1, 0.15) is 18.4 Å². The van der Waals surface area contributed by atoms with Gasteiger partial charge in [-0.15, -0.1) is 0 Å². The summed E-state index contributed by atoms with van der Waals surface area (Å²) in [4.78, 5) is 11.6. The highest BCUT2D eigenvalue weighted by molar-refractivity contribution is 5.83. The molecule has 0 aromatic heterocycles. The van der Waals surface area contributed by atoms with Gasteiger partial charge in [0.05, 0.1) is 1.37 Å². The van der Waals surface area contributed by atoms with Crippen molar-refractivity contribution in [3.63, 3.8) is 0 Å². The Balaban J connectivity index is 2.34. The van der Waals surface area contributed by atoms with Crippen LogP contribution in [0.2, 0.25) is 0 Å². The highest BCUT2D eigenvalue weighted by Crippen LogP contribution is 2.43. The molecule has 0 spiro atoms. The van der Waals surface area contributed by atoms with Crippen molar-refractivity contribution in [2.75, 3.05) is 0 Å². The van der Waals surface area contributed by atoms with Crippen LogP contribution in [-0.4, -0.2) is 11.1 Å². The van der Waals surface area contributed by atoms with Crippen LogP contribution in [-0.2, 0) is 4.79 Å². The first kappa shape index (κ1) is 8.82. The van der Waals surface area contributed by atoms with Gasteiger partial charge in [0.1, 0.15) is 17.4 Å². The number of hydrogen-bond donors (Lipinski definition) is 1. The Kier molecular flexibility index (Phi) is 1.88. The van der Waals surface area contributed by atoms with Crippen LogP contribution in [0.3, 0.4) is 0 Å². The lowest BCUT2D eigenvalue weighted by Gasteiger charge is -2.25. The molecular formula is C14H10O3. The summed E-state index contributed by atoms with van der Waals surface area (Å²) in [6.45, 7) is 0. The molecule has 2 aromatic carbocycles. The molecule has 1 heterocycles. The zero-order chi connectivity index (χ0) is 12.8. The van der Waals surface area contributed by atoms with Crippen molar-refractivity contribution < 1.29 is 16.0 Å². The second-order valence-corrected chi connectivity index (χ2v) is 3.77. The van der Waals surface area contributed by atoms with Crippen LogP contribution in [0, 0.1) is 0 Å². The Labute approximate surface area is 99.7 Å². The minimum atomic E-state index is -1.81. The van der Waals surface area contributed by atoms with Crippen LogP contribution in [0.4, 0.5) is 0 Å². The summed E-state index contributed by atoms with van der Waals surface area (Å²) in [6.07, 6.45) is 0. The lowest BCUT2D eigenvalue weighted by Crippen LogP contribution is -2.18. The first-order valence-corrected chi connectivity index (χ1v) is 5.24. The van der Waals surface area contributed by atoms with Gasteiger partial charge in [0.15, 0.2) is 0 Å². The smallest absolute Gasteiger partial charge is 0.315 e. The molecule has 3 nitrogen and oxygen atoms in total. The molecule has 0 atom stereocenters. The Bertz CT molecular complexity index is 591. The molecule has 0 unspecified atom stereocenters. The molecule has 84 valence electrons. The Morgan fingerprint density at radius 1 is 1.06 bits per heavy atom. The molecule has 3 rings (SSSR count). The number of para-hydroxylation sites is 2. The molecule has 0 amide bonds. The van der Waals surface area contributed by atoms with E-state index in [1.807, 2.05) is 0 Å². The predicted octanol–water partition coefficient (Wildman–Crippen LogP) is 3.01. The van der Waals surface area contributed by atoms with E-state index >= 15 is 0 Å². The maximum Gasteiger partial charge on any atom is 0.315 e. The Morgan fingerprint density at radius 2 is 1.53 bits per heavy atom. The van der Waals surface area contributed by atoms with E-state index < -0.39 is 11.9 Å². The summed E-state index contributed by atoms with van der Waals surface area (Å²) >= 11 is 0. The van der Waals surface area contributed by atoms with Crippen LogP contribution in [0.5, 0.6) is 11.5 Å². The van der Waals surface area contributed by atoms with Gasteiger partial charge < -0.3 is 9.84 Å². The summed E-state index contributed by atoms with van der Waals surface area (Å²) in [7, 11) is 0. The minimum absolute atomic E-state index is 0.358. The van der Waals surface area contributed by atoms with Gasteiger partial charge in [-0.25, -0.2) is 0 Å². The third-order valence-corrected chi connectivity index (χ3v) is 2.75. The summed E-state index contributed by atoms with van der Waals surface area (Å²) in [5.74, 6) is -2.17. The van der Waals surface area contributed by atoms with Crippen LogP contribution in [0.25, 0.3) is 0 Å². The van der Waals surface area contributed by atoms with Crippen LogP contribution in [0.15, 0.2) is 48.5 Å². The number of fused-ring (bicyclic) bond motifs is 2. The van der Waals surface area contributed by atoms with E-state index in [2.05, 4.69) is 0 Å². The highest BCUT2D eigenvalue weighted by atomic mass is 16.5. The molecule has 0 aliphatic carbocycles. The van der Waals surface area contributed by atoms with Gasteiger partial charge in [-0.3, -0.25) is 4.79 Å². The SMILES string of the molecule is [2H]C1(C(=O)O)c2ccccc2Oc2ccccc21. The zero-order valence-electron chi connectivity index (χ0n) is 9.88. The maximum absolute atomic E-state index is 11.6. The van der Waals surface area contributed by atoms with E-state index in [1.54, 1.807) is 48.5 Å². The minimum Gasteiger partial charge on any atom is -0.481 e. The molecule has 2 aromatic rings. The fourth-order valence-corrected chi connectivity index (χ4v) is 2.02. The summed E-state index contributed by atoms with van der Waals surface area (Å²) in [5.41, 5.74) is 0.715. The lowest BCUT2D eigenvalue weighted by molar-refractivity contribution is -0.137. The van der Waals surface area contributed by atoms with E-state index in [4.69, 9.17) is 6.11 Å². The summed E-state index contributed by atoms with van der Waals surface area (Å²) < 4.78 is 14.0. The van der Waals surface area contributed by atoms with Crippen molar-refractivity contribution in [3.05, 3.63) is 59.7 Å². The highest BCUT2D eigenvalue weighted by Gasteiger charge is 2.31. The van der Waals surface area contributed by atoms with Gasteiger partial charge in [-0.05, 0) is 12.1 Å². The van der Waals surface area contributed by atoms with Crippen LogP contribution < -0.4 is 4.74 Å². The van der Waals surface area contributed by atoms with Crippen molar-refractivity contribution in [3.8, 4) is 11.5 Å². The van der Waals surface area contributed by atoms with E-state index in [0.29, 0.717) is 22.6 Å². The lowest BCUT2D eigenvalue weighted by atomic mass is 9.88. The fraction of sp³-hybridized carbons (Fsp3) is 0.0714. The van der Waals surface area contributed by atoms with Gasteiger partial charge in [0, 0.05) is 11.1 Å². The average molecular weight is 227 g/mol. The molecule has 0 fully saturated rings. The van der Waals surface area contributed by atoms with E-state index in [-0.39, 0.29) is 0 Å². The van der Waals surface area contributed by atoms with E-state index in [9.17, 15) is 9.90 Å². The zero-order valence-corrected chi connectivity index (χ0v) is 8.88. The first-order chi connectivity index (χ1) is 8.64. The molecule has 0 saturated carbocycles. The fourth-order valence-electron chi connectivity index (χ4n) is 2.02. The average Bonchev–Trinajstić information content (AvgIpc) is 2.39. The molecule has 3 heteroatoms. The third-order valence-electron chi connectivity index (χ3n) is 2.75. The van der Waals surface area contributed by atoms with Gasteiger partial charge in [-0.2, -0.15) is 0 Å². The molecule has 0 saturated heterocycles. The van der Waals surface area contributed by atoms with Gasteiger partial charge in [-0.1, -0.05) is 36.4 Å². The normalized spacial score (nSPS) is 16.1. The standard InChI is InChI=1S/C14H10O3/c15-14(16)13-9-5-1-3-7-11(9)17-12-8-4-2-6-10(12)13/h1-8,13H,(H,15,16)/i13D. The van der Waals surface area contributed by atoms with E-state index in [0.717, 1.165) is 0 Å². The maximum atomic E-state index is 11.6. The Hall–Kier alpha value is -2.29. The van der Waals surface area contributed by atoms with Crippen molar-refractivity contribution in [1.82, 2.24) is 0 Å². The molecule has 1 N–H and O–H groups in total. The Morgan fingerprint density at radius 3 is 2.00 bits per heavy atom. The number of ether oxygens (including phenoxy) is 1. The van der Waals surface area contributed by atoms with Crippen molar-refractivity contribution >= 4 is 5.97 Å². The molecule has 0 radical (unpaired) electrons. The summed E-state index contributed by atoms with van der Waals surface area (Å²) in [5, 5.41) is 9.45. The largest absolute Gasteiger partial charge is 0.481 e. The quantitative estimate of drug-likeness (QED) is 0.814. The number of carboxylic acids is 1. The van der Waals surface area contributed by atoms with Crippen molar-refractivity contribution in [2.24, 2.45) is 0 Å². The number of rotatable bonds is 1. The van der Waals surface area contributed by atoms with Crippen molar-refractivity contribution in [1.29, 1.82) is 0 Å². The van der Waals surface area contributed by atoms with Crippen LogP contribution >= 0.6 is 0 Å². The molecule has 0 bridgehead atoms. The van der Waals surface area contributed by atoms with Gasteiger partial charge >= 0.3 is 5.97 Å². The van der Waals surface area contributed by atoms with E-state index in [1.165, 1.54) is 0 Å². The number of hydrogen-bond acceptors (Lipinski definition) is 2. The number of aliphatic carboxylic acids is 1. The monoisotopic (exact) mass is 227 g/mol. The summed E-state index contributed by atoms with van der Waals surface area (Å²) in [6, 6.07) is 13.5. The molecule has 17 heavy (non-hydrogen) atoms. The first-order valence-electron chi connectivity index (χ1n) is 5.74. The number of benzene rings is 2. The topological polar surface area (TPSA) is 46.5 Å². The van der Waals surface area contributed by atoms with Crippen molar-refractivity contribution in [2.45, 2.75) is 5.89 Å².